The van der Waals surface area contributed by atoms with Crippen LogP contribution in [-0.2, 0) is 6.42 Å². The minimum atomic E-state index is 0.350. The minimum absolute atomic E-state index is 0.350. The van der Waals surface area contributed by atoms with Gasteiger partial charge in [0.05, 0.1) is 11.7 Å². The molecule has 1 aliphatic carbocycles. The third kappa shape index (κ3) is 2.33. The van der Waals surface area contributed by atoms with Gasteiger partial charge in [-0.3, -0.25) is 4.68 Å². The summed E-state index contributed by atoms with van der Waals surface area (Å²) in [7, 11) is 0. The molecule has 1 fully saturated rings. The van der Waals surface area contributed by atoms with Gasteiger partial charge in [-0.15, -0.1) is 0 Å². The fourth-order valence-electron chi connectivity index (χ4n) is 1.56. The SMILES string of the molecule is CC(C)(C)Cc1ccn(C2CC2)n1. The predicted molar refractivity (Wildman–Crippen MR) is 53.7 cm³/mol. The predicted octanol–water partition coefficient (Wildman–Crippen LogP) is 2.81. The molecule has 0 atom stereocenters. The Morgan fingerprint density at radius 3 is 2.69 bits per heavy atom. The summed E-state index contributed by atoms with van der Waals surface area (Å²) >= 11 is 0. The molecule has 2 nitrogen and oxygen atoms in total. The fourth-order valence-corrected chi connectivity index (χ4v) is 1.56. The number of hydrogen-bond acceptors (Lipinski definition) is 1. The van der Waals surface area contributed by atoms with Crippen LogP contribution < -0.4 is 0 Å². The monoisotopic (exact) mass is 178 g/mol. The van der Waals surface area contributed by atoms with E-state index in [0.29, 0.717) is 11.5 Å². The van der Waals surface area contributed by atoms with Gasteiger partial charge >= 0.3 is 0 Å². The van der Waals surface area contributed by atoms with Gasteiger partial charge < -0.3 is 0 Å². The summed E-state index contributed by atoms with van der Waals surface area (Å²) in [5, 5.41) is 4.57. The Kier molecular flexibility index (Phi) is 1.94. The topological polar surface area (TPSA) is 17.8 Å². The summed E-state index contributed by atoms with van der Waals surface area (Å²) in [6.45, 7) is 6.76. The summed E-state index contributed by atoms with van der Waals surface area (Å²) in [6.07, 6.45) is 5.83. The van der Waals surface area contributed by atoms with Gasteiger partial charge in [-0.1, -0.05) is 20.8 Å². The highest BCUT2D eigenvalue weighted by Crippen LogP contribution is 2.34. The van der Waals surface area contributed by atoms with Gasteiger partial charge in [0, 0.05) is 6.20 Å². The van der Waals surface area contributed by atoms with E-state index in [9.17, 15) is 0 Å². The summed E-state index contributed by atoms with van der Waals surface area (Å²) in [5.41, 5.74) is 1.59. The Hall–Kier alpha value is -0.790. The maximum absolute atomic E-state index is 4.57. The highest BCUT2D eigenvalue weighted by atomic mass is 15.3. The van der Waals surface area contributed by atoms with Crippen LogP contribution >= 0.6 is 0 Å². The number of aromatic nitrogens is 2. The number of nitrogens with zero attached hydrogens (tertiary/aromatic N) is 2. The molecule has 0 aromatic carbocycles. The van der Waals surface area contributed by atoms with Gasteiger partial charge in [-0.25, -0.2) is 0 Å². The molecule has 0 unspecified atom stereocenters. The van der Waals surface area contributed by atoms with E-state index in [1.165, 1.54) is 18.5 Å². The average Bonchev–Trinajstić information content (AvgIpc) is 2.72. The molecule has 1 saturated carbocycles. The zero-order valence-corrected chi connectivity index (χ0v) is 8.75. The molecule has 0 amide bonds. The van der Waals surface area contributed by atoms with E-state index >= 15 is 0 Å². The molecule has 0 aliphatic heterocycles. The molecule has 1 aliphatic rings. The van der Waals surface area contributed by atoms with Crippen LogP contribution in [0, 0.1) is 5.41 Å². The Balaban J connectivity index is 2.04. The van der Waals surface area contributed by atoms with Crippen molar-refractivity contribution in [2.24, 2.45) is 5.41 Å². The van der Waals surface area contributed by atoms with Crippen molar-refractivity contribution in [2.45, 2.75) is 46.1 Å². The Labute approximate surface area is 80.0 Å². The normalized spacial score (nSPS) is 17.8. The largest absolute Gasteiger partial charge is 0.269 e. The molecule has 0 radical (unpaired) electrons. The minimum Gasteiger partial charge on any atom is -0.269 e. The molecule has 2 heteroatoms. The molecule has 0 saturated heterocycles. The van der Waals surface area contributed by atoms with E-state index in [2.05, 4.69) is 42.8 Å². The molecule has 0 N–H and O–H groups in total. The quantitative estimate of drug-likeness (QED) is 0.681. The molecule has 72 valence electrons. The van der Waals surface area contributed by atoms with Gasteiger partial charge in [0.2, 0.25) is 0 Å². The standard InChI is InChI=1S/C11H18N2/c1-11(2,3)8-9-6-7-13(12-9)10-4-5-10/h6-7,10H,4-5,8H2,1-3H3. The maximum atomic E-state index is 4.57. The molecule has 1 aromatic heterocycles. The van der Waals surface area contributed by atoms with Gasteiger partial charge in [-0.2, -0.15) is 5.10 Å². The Morgan fingerprint density at radius 2 is 2.15 bits per heavy atom. The van der Waals surface area contributed by atoms with E-state index in [4.69, 9.17) is 0 Å². The Bertz CT molecular complexity index is 289. The van der Waals surface area contributed by atoms with Crippen LogP contribution in [0.15, 0.2) is 12.3 Å². The van der Waals surface area contributed by atoms with Crippen molar-refractivity contribution in [3.8, 4) is 0 Å². The molecule has 13 heavy (non-hydrogen) atoms. The lowest BCUT2D eigenvalue weighted by Gasteiger charge is -2.15. The van der Waals surface area contributed by atoms with Crippen molar-refractivity contribution >= 4 is 0 Å². The van der Waals surface area contributed by atoms with Crippen LogP contribution in [0.3, 0.4) is 0 Å². The molecular weight excluding hydrogens is 160 g/mol. The first kappa shape index (κ1) is 8.79. The van der Waals surface area contributed by atoms with Crippen LogP contribution in [0.2, 0.25) is 0 Å². The van der Waals surface area contributed by atoms with Crippen molar-refractivity contribution in [2.75, 3.05) is 0 Å². The van der Waals surface area contributed by atoms with E-state index in [0.717, 1.165) is 6.42 Å². The van der Waals surface area contributed by atoms with Gasteiger partial charge in [0.1, 0.15) is 0 Å². The van der Waals surface area contributed by atoms with Crippen molar-refractivity contribution in [1.29, 1.82) is 0 Å². The van der Waals surface area contributed by atoms with Crippen LogP contribution in [0.25, 0.3) is 0 Å². The van der Waals surface area contributed by atoms with Gasteiger partial charge in [0.25, 0.3) is 0 Å². The lowest BCUT2D eigenvalue weighted by atomic mass is 9.91. The molecule has 1 heterocycles. The summed E-state index contributed by atoms with van der Waals surface area (Å²) in [4.78, 5) is 0. The first-order valence-corrected chi connectivity index (χ1v) is 5.09. The van der Waals surface area contributed by atoms with Crippen LogP contribution in [0.4, 0.5) is 0 Å². The van der Waals surface area contributed by atoms with Crippen molar-refractivity contribution in [3.05, 3.63) is 18.0 Å². The zero-order chi connectivity index (χ0) is 9.47. The van der Waals surface area contributed by atoms with E-state index in [1.54, 1.807) is 0 Å². The second-order valence-electron chi connectivity index (χ2n) is 5.26. The zero-order valence-electron chi connectivity index (χ0n) is 8.75. The highest BCUT2D eigenvalue weighted by molar-refractivity contribution is 5.03. The first-order valence-electron chi connectivity index (χ1n) is 5.09. The fraction of sp³-hybridized carbons (Fsp3) is 0.727. The molecular formula is C11H18N2. The third-order valence-electron chi connectivity index (χ3n) is 2.30. The van der Waals surface area contributed by atoms with Crippen molar-refractivity contribution < 1.29 is 0 Å². The molecule has 1 aromatic rings. The summed E-state index contributed by atoms with van der Waals surface area (Å²) < 4.78 is 2.13. The van der Waals surface area contributed by atoms with E-state index in [1.807, 2.05) is 0 Å². The smallest absolute Gasteiger partial charge is 0.0629 e. The van der Waals surface area contributed by atoms with Gasteiger partial charge in [0.15, 0.2) is 0 Å². The third-order valence-corrected chi connectivity index (χ3v) is 2.30. The Morgan fingerprint density at radius 1 is 1.46 bits per heavy atom. The molecule has 0 bridgehead atoms. The molecule has 2 rings (SSSR count). The highest BCUT2D eigenvalue weighted by Gasteiger charge is 2.24. The first-order chi connectivity index (χ1) is 6.04. The second kappa shape index (κ2) is 2.86. The summed E-state index contributed by atoms with van der Waals surface area (Å²) in [6, 6.07) is 2.87. The lowest BCUT2D eigenvalue weighted by molar-refractivity contribution is 0.403. The maximum Gasteiger partial charge on any atom is 0.0629 e. The number of rotatable bonds is 2. The molecule has 0 spiro atoms. The number of hydrogen-bond donors (Lipinski definition) is 0. The second-order valence-corrected chi connectivity index (χ2v) is 5.26. The van der Waals surface area contributed by atoms with E-state index in [-0.39, 0.29) is 0 Å². The van der Waals surface area contributed by atoms with Crippen LogP contribution in [0.1, 0.15) is 45.3 Å². The van der Waals surface area contributed by atoms with Gasteiger partial charge in [-0.05, 0) is 30.7 Å². The van der Waals surface area contributed by atoms with Crippen molar-refractivity contribution in [1.82, 2.24) is 9.78 Å². The van der Waals surface area contributed by atoms with E-state index < -0.39 is 0 Å². The van der Waals surface area contributed by atoms with Crippen molar-refractivity contribution in [3.63, 3.8) is 0 Å². The van der Waals surface area contributed by atoms with Crippen LogP contribution in [0.5, 0.6) is 0 Å². The average molecular weight is 178 g/mol. The van der Waals surface area contributed by atoms with Crippen LogP contribution in [-0.4, -0.2) is 9.78 Å². The lowest BCUT2D eigenvalue weighted by Crippen LogP contribution is -2.10. The summed E-state index contributed by atoms with van der Waals surface area (Å²) in [5.74, 6) is 0.